The van der Waals surface area contributed by atoms with Crippen LogP contribution >= 0.6 is 12.6 Å². The molecule has 0 aromatic heterocycles. The highest BCUT2D eigenvalue weighted by Crippen LogP contribution is 2.31. The lowest BCUT2D eigenvalue weighted by Gasteiger charge is -2.39. The number of nitrogens with zero attached hydrogens (tertiary/aromatic N) is 1. The van der Waals surface area contributed by atoms with Gasteiger partial charge in [0.2, 0.25) is 0 Å². The molecule has 0 saturated carbocycles. The van der Waals surface area contributed by atoms with Crippen molar-refractivity contribution in [2.24, 2.45) is 0 Å². The molecule has 1 atom stereocenters. The normalized spacial score (nSPS) is 12.3. The second-order valence-electron chi connectivity index (χ2n) is 7.13. The average molecular weight is 372 g/mol. The summed E-state index contributed by atoms with van der Waals surface area (Å²) in [4.78, 5) is 27.0. The van der Waals surface area contributed by atoms with Crippen LogP contribution in [0.2, 0.25) is 0 Å². The van der Waals surface area contributed by atoms with Gasteiger partial charge < -0.3 is 10.4 Å². The summed E-state index contributed by atoms with van der Waals surface area (Å²) in [6, 6.07) is 13.4. The second kappa shape index (κ2) is 7.83. The number of nitrogens with one attached hydrogen (secondary N) is 1. The van der Waals surface area contributed by atoms with Crippen LogP contribution in [0.25, 0.3) is 0 Å². The number of benzene rings is 2. The Kier molecular flexibility index (Phi) is 5.97. The minimum Gasteiger partial charge on any atom is -0.465 e. The third kappa shape index (κ3) is 4.58. The van der Waals surface area contributed by atoms with Crippen LogP contribution in [0.3, 0.4) is 0 Å². The summed E-state index contributed by atoms with van der Waals surface area (Å²) >= 11 is 4.33. The third-order valence-corrected chi connectivity index (χ3v) is 4.30. The van der Waals surface area contributed by atoms with E-state index in [9.17, 15) is 14.7 Å². The zero-order chi connectivity index (χ0) is 19.5. The Bertz CT molecular complexity index is 815. The molecule has 2 rings (SSSR count). The van der Waals surface area contributed by atoms with E-state index < -0.39 is 23.6 Å². The van der Waals surface area contributed by atoms with E-state index in [0.717, 1.165) is 5.56 Å². The van der Waals surface area contributed by atoms with Crippen LogP contribution in [0.1, 0.15) is 37.9 Å². The van der Waals surface area contributed by atoms with E-state index in [2.05, 4.69) is 17.9 Å². The number of thiol groups is 1. The van der Waals surface area contributed by atoms with Gasteiger partial charge >= 0.3 is 6.09 Å². The van der Waals surface area contributed by atoms with E-state index in [1.54, 1.807) is 51.1 Å². The standard InChI is InChI=1S/C20H24N2O3S/c1-13-8-5-6-11-16(13)21-18(23)17(14-9-7-10-15(26)12-14)22(19(24)25)20(2,3)4/h5-12,17,26H,1-4H3,(H,21,23)(H,24,25). The first-order valence-electron chi connectivity index (χ1n) is 8.29. The van der Waals surface area contributed by atoms with Crippen LogP contribution in [0.4, 0.5) is 10.5 Å². The van der Waals surface area contributed by atoms with E-state index >= 15 is 0 Å². The molecule has 2 amide bonds. The first-order valence-corrected chi connectivity index (χ1v) is 8.73. The van der Waals surface area contributed by atoms with Crippen LogP contribution in [-0.2, 0) is 4.79 Å². The quantitative estimate of drug-likeness (QED) is 0.679. The number of para-hydroxylation sites is 1. The van der Waals surface area contributed by atoms with Crippen LogP contribution < -0.4 is 5.32 Å². The fourth-order valence-electron chi connectivity index (χ4n) is 2.81. The minimum atomic E-state index is -1.16. The van der Waals surface area contributed by atoms with Gasteiger partial charge in [0.15, 0.2) is 0 Å². The number of hydrogen-bond donors (Lipinski definition) is 3. The average Bonchev–Trinajstić information content (AvgIpc) is 2.53. The lowest BCUT2D eigenvalue weighted by Crippen LogP contribution is -2.50. The molecule has 5 nitrogen and oxygen atoms in total. The monoisotopic (exact) mass is 372 g/mol. The van der Waals surface area contributed by atoms with Gasteiger partial charge in [0, 0.05) is 16.1 Å². The van der Waals surface area contributed by atoms with Crippen molar-refractivity contribution < 1.29 is 14.7 Å². The van der Waals surface area contributed by atoms with Crippen molar-refractivity contribution in [3.05, 3.63) is 59.7 Å². The summed E-state index contributed by atoms with van der Waals surface area (Å²) < 4.78 is 0. The largest absolute Gasteiger partial charge is 0.465 e. The van der Waals surface area contributed by atoms with Crippen molar-refractivity contribution in [3.63, 3.8) is 0 Å². The Labute approximate surface area is 159 Å². The Balaban J connectivity index is 2.51. The maximum absolute atomic E-state index is 13.1. The first-order chi connectivity index (χ1) is 12.1. The van der Waals surface area contributed by atoms with Crippen LogP contribution in [0.5, 0.6) is 0 Å². The number of carbonyl (C=O) groups excluding carboxylic acids is 1. The molecule has 0 aliphatic rings. The predicted octanol–water partition coefficient (Wildman–Crippen LogP) is 4.74. The maximum atomic E-state index is 13.1. The van der Waals surface area contributed by atoms with Gasteiger partial charge in [-0.25, -0.2) is 4.79 Å². The fourth-order valence-corrected chi connectivity index (χ4v) is 3.05. The highest BCUT2D eigenvalue weighted by atomic mass is 32.1. The summed E-state index contributed by atoms with van der Waals surface area (Å²) in [5, 5.41) is 12.7. The molecule has 1 unspecified atom stereocenters. The summed E-state index contributed by atoms with van der Waals surface area (Å²) in [7, 11) is 0. The van der Waals surface area contributed by atoms with Gasteiger partial charge in [-0.1, -0.05) is 30.3 Å². The van der Waals surface area contributed by atoms with Gasteiger partial charge in [0.1, 0.15) is 6.04 Å². The zero-order valence-electron chi connectivity index (χ0n) is 15.4. The molecule has 0 heterocycles. The molecule has 2 aromatic rings. The molecule has 138 valence electrons. The maximum Gasteiger partial charge on any atom is 0.408 e. The highest BCUT2D eigenvalue weighted by Gasteiger charge is 2.38. The Morgan fingerprint density at radius 3 is 2.31 bits per heavy atom. The molecule has 0 radical (unpaired) electrons. The van der Waals surface area contributed by atoms with Gasteiger partial charge in [-0.15, -0.1) is 12.6 Å². The van der Waals surface area contributed by atoms with E-state index in [0.29, 0.717) is 16.1 Å². The molecule has 0 bridgehead atoms. The van der Waals surface area contributed by atoms with Crippen molar-refractivity contribution in [1.29, 1.82) is 0 Å². The van der Waals surface area contributed by atoms with Crippen molar-refractivity contribution >= 4 is 30.3 Å². The SMILES string of the molecule is Cc1ccccc1NC(=O)C(c1cccc(S)c1)N(C(=O)O)C(C)(C)C. The van der Waals surface area contributed by atoms with Gasteiger partial charge in [0.25, 0.3) is 5.91 Å². The van der Waals surface area contributed by atoms with Crippen LogP contribution in [0.15, 0.2) is 53.4 Å². The topological polar surface area (TPSA) is 69.6 Å². The van der Waals surface area contributed by atoms with E-state index in [-0.39, 0.29) is 0 Å². The lowest BCUT2D eigenvalue weighted by molar-refractivity contribution is -0.122. The molecule has 2 N–H and O–H groups in total. The lowest BCUT2D eigenvalue weighted by atomic mass is 9.97. The summed E-state index contributed by atoms with van der Waals surface area (Å²) in [5.74, 6) is -0.407. The van der Waals surface area contributed by atoms with Crippen LogP contribution in [-0.4, -0.2) is 27.5 Å². The predicted molar refractivity (Wildman–Crippen MR) is 106 cm³/mol. The number of amides is 2. The van der Waals surface area contributed by atoms with E-state index in [4.69, 9.17) is 0 Å². The second-order valence-corrected chi connectivity index (χ2v) is 7.64. The van der Waals surface area contributed by atoms with Gasteiger partial charge in [0.05, 0.1) is 0 Å². The van der Waals surface area contributed by atoms with E-state index in [1.807, 2.05) is 25.1 Å². The van der Waals surface area contributed by atoms with Crippen LogP contribution in [0, 0.1) is 6.92 Å². The molecule has 0 aliphatic heterocycles. The zero-order valence-corrected chi connectivity index (χ0v) is 16.2. The highest BCUT2D eigenvalue weighted by molar-refractivity contribution is 7.80. The van der Waals surface area contributed by atoms with Crippen molar-refractivity contribution in [2.75, 3.05) is 5.32 Å². The summed E-state index contributed by atoms with van der Waals surface area (Å²) in [5.41, 5.74) is 1.36. The number of rotatable bonds is 4. The molecular formula is C20H24N2O3S. The summed E-state index contributed by atoms with van der Waals surface area (Å²) in [6.07, 6.45) is -1.16. The number of hydrogen-bond acceptors (Lipinski definition) is 3. The number of anilines is 1. The number of carbonyl (C=O) groups is 2. The smallest absolute Gasteiger partial charge is 0.408 e. The molecule has 6 heteroatoms. The van der Waals surface area contributed by atoms with Gasteiger partial charge in [-0.2, -0.15) is 0 Å². The summed E-state index contributed by atoms with van der Waals surface area (Å²) in [6.45, 7) is 7.18. The first kappa shape index (κ1) is 19.8. The van der Waals surface area contributed by atoms with E-state index in [1.165, 1.54) is 4.90 Å². The Hall–Kier alpha value is -2.47. The Morgan fingerprint density at radius 1 is 1.12 bits per heavy atom. The number of aryl methyl sites for hydroxylation is 1. The molecule has 0 aliphatic carbocycles. The molecule has 0 spiro atoms. The molecule has 26 heavy (non-hydrogen) atoms. The Morgan fingerprint density at radius 2 is 1.77 bits per heavy atom. The fraction of sp³-hybridized carbons (Fsp3) is 0.300. The number of carboxylic acid groups (broad SMARTS) is 1. The molecule has 2 aromatic carbocycles. The van der Waals surface area contributed by atoms with Gasteiger partial charge in [-0.3, -0.25) is 9.69 Å². The van der Waals surface area contributed by atoms with Crippen molar-refractivity contribution in [2.45, 2.75) is 44.2 Å². The molecule has 0 fully saturated rings. The molecule has 0 saturated heterocycles. The molecular weight excluding hydrogens is 348 g/mol. The third-order valence-electron chi connectivity index (χ3n) is 4.02. The van der Waals surface area contributed by atoms with Crippen molar-refractivity contribution in [1.82, 2.24) is 4.90 Å². The van der Waals surface area contributed by atoms with Gasteiger partial charge in [-0.05, 0) is 57.0 Å². The minimum absolute atomic E-state index is 0.407. The van der Waals surface area contributed by atoms with Crippen molar-refractivity contribution in [3.8, 4) is 0 Å².